The summed E-state index contributed by atoms with van der Waals surface area (Å²) in [6.45, 7) is 2.82. The molecule has 10 heteroatoms. The Kier molecular flexibility index (Phi) is 8.98. The maximum atomic E-state index is 11.8. The third-order valence-corrected chi connectivity index (χ3v) is 5.14. The van der Waals surface area contributed by atoms with Gasteiger partial charge in [0.2, 0.25) is 0 Å². The molecular formula is C15H30N4O5P+. The molecular weight excluding hydrogens is 347 g/mol. The summed E-state index contributed by atoms with van der Waals surface area (Å²) in [7, 11) is -4.13. The fraction of sp³-hybridized carbons (Fsp3) is 0.600. The molecule has 0 aliphatic rings. The second-order valence-corrected chi connectivity index (χ2v) is 7.43. The van der Waals surface area contributed by atoms with Crippen molar-refractivity contribution in [1.29, 1.82) is 0 Å². The first-order valence-corrected chi connectivity index (χ1v) is 9.63. The minimum Gasteiger partial charge on any atom is -0.508 e. The predicted molar refractivity (Wildman–Crippen MR) is 95.2 cm³/mol. The van der Waals surface area contributed by atoms with Crippen molar-refractivity contribution in [2.24, 2.45) is 17.2 Å². The topological polar surface area (TPSA) is 154 Å². The molecule has 1 aromatic rings. The molecule has 0 saturated carbocycles. The molecule has 144 valence electrons. The second kappa shape index (κ2) is 10.2. The largest absolute Gasteiger partial charge is 0.508 e. The van der Waals surface area contributed by atoms with Crippen molar-refractivity contribution in [2.45, 2.75) is 19.8 Å². The van der Waals surface area contributed by atoms with E-state index in [0.717, 1.165) is 11.1 Å². The van der Waals surface area contributed by atoms with E-state index in [0.29, 0.717) is 19.4 Å². The molecule has 0 spiro atoms. The zero-order chi connectivity index (χ0) is 18.9. The third kappa shape index (κ3) is 7.39. The molecule has 0 aliphatic carbocycles. The zero-order valence-corrected chi connectivity index (χ0v) is 15.5. The van der Waals surface area contributed by atoms with E-state index in [2.05, 4.69) is 0 Å². The SMILES string of the molecule is Cc1ccc(CCCOP(=O)(O)OCC[N+](CN)(CN)CN)cc1O. The average molecular weight is 377 g/mol. The lowest BCUT2D eigenvalue weighted by Gasteiger charge is -2.34. The molecule has 0 heterocycles. The highest BCUT2D eigenvalue weighted by atomic mass is 31.2. The van der Waals surface area contributed by atoms with Crippen molar-refractivity contribution in [1.82, 2.24) is 0 Å². The van der Waals surface area contributed by atoms with Gasteiger partial charge in [0.15, 0.2) is 0 Å². The van der Waals surface area contributed by atoms with E-state index in [1.807, 2.05) is 19.1 Å². The van der Waals surface area contributed by atoms with Gasteiger partial charge in [-0.15, -0.1) is 0 Å². The molecule has 0 saturated heterocycles. The van der Waals surface area contributed by atoms with Gasteiger partial charge in [0.1, 0.15) is 38.9 Å². The van der Waals surface area contributed by atoms with Gasteiger partial charge in [-0.3, -0.25) is 30.7 Å². The third-order valence-electron chi connectivity index (χ3n) is 4.12. The summed E-state index contributed by atoms with van der Waals surface area (Å²) < 4.78 is 21.9. The Morgan fingerprint density at radius 2 is 1.72 bits per heavy atom. The van der Waals surface area contributed by atoms with E-state index in [9.17, 15) is 14.6 Å². The van der Waals surface area contributed by atoms with E-state index < -0.39 is 7.82 Å². The van der Waals surface area contributed by atoms with Crippen LogP contribution in [0.1, 0.15) is 17.5 Å². The summed E-state index contributed by atoms with van der Waals surface area (Å²) in [5.74, 6) is 0.232. The van der Waals surface area contributed by atoms with Gasteiger partial charge in [-0.25, -0.2) is 4.57 Å². The number of phenols is 1. The Balaban J connectivity index is 2.33. The fourth-order valence-electron chi connectivity index (χ4n) is 2.15. The number of hydrogen-bond acceptors (Lipinski definition) is 7. The van der Waals surface area contributed by atoms with Crippen molar-refractivity contribution in [3.8, 4) is 5.75 Å². The van der Waals surface area contributed by atoms with Gasteiger partial charge in [0, 0.05) is 0 Å². The Labute approximate surface area is 148 Å². The van der Waals surface area contributed by atoms with Gasteiger partial charge < -0.3 is 10.00 Å². The lowest BCUT2D eigenvalue weighted by atomic mass is 10.1. The molecule has 1 aromatic carbocycles. The first-order chi connectivity index (χ1) is 11.8. The number of phosphoric ester groups is 1. The van der Waals surface area contributed by atoms with E-state index in [4.69, 9.17) is 26.2 Å². The summed E-state index contributed by atoms with van der Waals surface area (Å²) in [5.41, 5.74) is 18.6. The number of phosphoric acid groups is 1. The van der Waals surface area contributed by atoms with Crippen LogP contribution in [-0.4, -0.2) is 54.2 Å². The zero-order valence-electron chi connectivity index (χ0n) is 14.6. The van der Waals surface area contributed by atoms with Crippen LogP contribution in [0.3, 0.4) is 0 Å². The van der Waals surface area contributed by atoms with Gasteiger partial charge in [-0.1, -0.05) is 12.1 Å². The number of aromatic hydroxyl groups is 1. The molecule has 0 fully saturated rings. The van der Waals surface area contributed by atoms with E-state index in [-0.39, 0.29) is 43.5 Å². The summed E-state index contributed by atoms with van der Waals surface area (Å²) in [6.07, 6.45) is 1.13. The highest BCUT2D eigenvalue weighted by Gasteiger charge is 2.26. The van der Waals surface area contributed by atoms with E-state index in [1.54, 1.807) is 6.07 Å². The van der Waals surface area contributed by atoms with Gasteiger partial charge in [-0.05, 0) is 37.0 Å². The normalized spacial score (nSPS) is 14.4. The molecule has 0 amide bonds. The number of nitrogens with zero attached hydrogens (tertiary/aromatic N) is 1. The summed E-state index contributed by atoms with van der Waals surface area (Å²) in [6, 6.07) is 5.39. The van der Waals surface area contributed by atoms with Crippen LogP contribution >= 0.6 is 7.82 Å². The summed E-state index contributed by atoms with van der Waals surface area (Å²) in [4.78, 5) is 9.68. The van der Waals surface area contributed by atoms with Gasteiger partial charge in [0.05, 0.1) is 6.61 Å². The Hall–Kier alpha value is -1.03. The Morgan fingerprint density at radius 3 is 2.28 bits per heavy atom. The van der Waals surface area contributed by atoms with Crippen LogP contribution in [0.2, 0.25) is 0 Å². The van der Waals surface area contributed by atoms with Crippen LogP contribution < -0.4 is 17.2 Å². The standard InChI is InChI=1S/C15H29N4O5P/c1-13-4-5-14(9-15(13)20)3-2-7-23-25(21,22)24-8-6-19(10-16,11-17)12-18/h4-5,9H,2-3,6-8,10-12,16-18H2,1H3,(H-,20,21,22)/p+1. The molecule has 1 atom stereocenters. The number of phenolic OH excluding ortho intramolecular Hbond substituents is 1. The summed E-state index contributed by atoms with van der Waals surface area (Å²) in [5, 5.41) is 9.65. The predicted octanol–water partition coefficient (Wildman–Crippen LogP) is 0.332. The van der Waals surface area contributed by atoms with Crippen LogP contribution in [-0.2, 0) is 20.0 Å². The van der Waals surface area contributed by atoms with Crippen molar-refractivity contribution in [3.63, 3.8) is 0 Å². The van der Waals surface area contributed by atoms with Crippen molar-refractivity contribution >= 4 is 7.82 Å². The maximum absolute atomic E-state index is 11.8. The summed E-state index contributed by atoms with van der Waals surface area (Å²) >= 11 is 0. The monoisotopic (exact) mass is 377 g/mol. The first-order valence-electron chi connectivity index (χ1n) is 8.13. The number of rotatable bonds is 12. The smallest absolute Gasteiger partial charge is 0.472 e. The minimum atomic E-state index is -4.13. The Bertz CT molecular complexity index is 575. The van der Waals surface area contributed by atoms with Crippen molar-refractivity contribution in [3.05, 3.63) is 29.3 Å². The van der Waals surface area contributed by atoms with Gasteiger partial charge in [-0.2, -0.15) is 0 Å². The highest BCUT2D eigenvalue weighted by Crippen LogP contribution is 2.43. The Morgan fingerprint density at radius 1 is 1.12 bits per heavy atom. The fourth-order valence-corrected chi connectivity index (χ4v) is 2.90. The quantitative estimate of drug-likeness (QED) is 0.151. The number of hydrogen-bond donors (Lipinski definition) is 5. The van der Waals surface area contributed by atoms with Crippen LogP contribution in [0, 0.1) is 6.92 Å². The number of benzene rings is 1. The van der Waals surface area contributed by atoms with Crippen LogP contribution in [0.25, 0.3) is 0 Å². The van der Waals surface area contributed by atoms with Crippen LogP contribution in [0.15, 0.2) is 18.2 Å². The highest BCUT2D eigenvalue weighted by molar-refractivity contribution is 7.47. The molecule has 0 radical (unpaired) electrons. The molecule has 0 aromatic heterocycles. The molecule has 25 heavy (non-hydrogen) atoms. The van der Waals surface area contributed by atoms with E-state index in [1.165, 1.54) is 0 Å². The molecule has 8 N–H and O–H groups in total. The number of aryl methyl sites for hydroxylation is 2. The maximum Gasteiger partial charge on any atom is 0.472 e. The van der Waals surface area contributed by atoms with Crippen LogP contribution in [0.5, 0.6) is 5.75 Å². The van der Waals surface area contributed by atoms with Gasteiger partial charge in [0.25, 0.3) is 0 Å². The van der Waals surface area contributed by atoms with Crippen molar-refractivity contribution < 1.29 is 28.1 Å². The number of quaternary nitrogens is 1. The lowest BCUT2D eigenvalue weighted by Crippen LogP contribution is -2.59. The first kappa shape index (κ1) is 22.0. The molecule has 1 rings (SSSR count). The number of nitrogens with two attached hydrogens (primary N) is 3. The second-order valence-electron chi connectivity index (χ2n) is 5.97. The minimum absolute atomic E-state index is 0.0365. The average Bonchev–Trinajstić information content (AvgIpc) is 2.59. The van der Waals surface area contributed by atoms with Gasteiger partial charge >= 0.3 is 7.82 Å². The molecule has 1 unspecified atom stereocenters. The molecule has 0 aliphatic heterocycles. The molecule has 0 bridgehead atoms. The van der Waals surface area contributed by atoms with Crippen LogP contribution in [0.4, 0.5) is 0 Å². The van der Waals surface area contributed by atoms with E-state index >= 15 is 0 Å². The lowest BCUT2D eigenvalue weighted by molar-refractivity contribution is -0.927. The van der Waals surface area contributed by atoms with Crippen molar-refractivity contribution in [2.75, 3.05) is 39.8 Å². The molecule has 9 nitrogen and oxygen atoms in total.